The maximum absolute atomic E-state index is 8.96. The quantitative estimate of drug-likeness (QED) is 0.157. The van der Waals surface area contributed by atoms with E-state index < -0.39 is 0 Å². The fourth-order valence-electron chi connectivity index (χ4n) is 10.4. The average molecular weight is 729 g/mol. The van der Waals surface area contributed by atoms with Gasteiger partial charge in [-0.1, -0.05) is 147 Å². The van der Waals surface area contributed by atoms with Crippen LogP contribution in [0.1, 0.15) is 75.1 Å². The molecule has 4 atom stereocenters. The molecule has 4 nitrogen and oxygen atoms in total. The Bertz CT molecular complexity index is 2700. The fourth-order valence-corrected chi connectivity index (χ4v) is 10.4. The summed E-state index contributed by atoms with van der Waals surface area (Å²) in [5, 5.41) is 13.0. The Kier molecular flexibility index (Phi) is 8.66. The lowest BCUT2D eigenvalue weighted by molar-refractivity contribution is 0.241. The first-order valence-electron chi connectivity index (χ1n) is 20.5. The van der Waals surface area contributed by atoms with Crippen molar-refractivity contribution in [2.75, 3.05) is 0 Å². The number of allylic oxidation sites excluding steroid dienone is 12. The summed E-state index contributed by atoms with van der Waals surface area (Å²) in [7, 11) is 0. The number of aromatic nitrogens is 1. The summed E-state index contributed by atoms with van der Waals surface area (Å²) >= 11 is 0. The van der Waals surface area contributed by atoms with E-state index in [2.05, 4.69) is 152 Å². The highest BCUT2D eigenvalue weighted by atomic mass is 15.0. The van der Waals surface area contributed by atoms with Crippen molar-refractivity contribution < 1.29 is 0 Å². The van der Waals surface area contributed by atoms with Crippen LogP contribution in [-0.2, 0) is 5.41 Å². The number of hydrogen-bond donors (Lipinski definition) is 1. The minimum atomic E-state index is -0.00903. The van der Waals surface area contributed by atoms with Gasteiger partial charge in [-0.3, -0.25) is 5.41 Å². The monoisotopic (exact) mass is 728 g/mol. The zero-order chi connectivity index (χ0) is 37.8. The van der Waals surface area contributed by atoms with Gasteiger partial charge in [0.15, 0.2) is 0 Å². The van der Waals surface area contributed by atoms with Gasteiger partial charge in [0.1, 0.15) is 11.7 Å². The highest BCUT2D eigenvalue weighted by Gasteiger charge is 2.47. The smallest absolute Gasteiger partial charge is 0.149 e. The molecule has 0 saturated heterocycles. The predicted octanol–water partition coefficient (Wildman–Crippen LogP) is 10.7. The van der Waals surface area contributed by atoms with Gasteiger partial charge in [-0.15, -0.1) is 0 Å². The third-order valence-corrected chi connectivity index (χ3v) is 13.2. The number of fused-ring (bicyclic) bond motifs is 5. The summed E-state index contributed by atoms with van der Waals surface area (Å²) < 4.78 is 2.60. The van der Waals surface area contributed by atoms with E-state index in [9.17, 15) is 0 Å². The first-order valence-corrected chi connectivity index (χ1v) is 20.5. The molecule has 1 heterocycles. The normalized spacial score (nSPS) is 24.8. The van der Waals surface area contributed by atoms with Gasteiger partial charge in [0.05, 0.1) is 11.4 Å². The third kappa shape index (κ3) is 5.85. The van der Waals surface area contributed by atoms with Crippen molar-refractivity contribution in [1.29, 1.82) is 5.41 Å². The molecule has 10 rings (SSSR count). The van der Waals surface area contributed by atoms with Crippen LogP contribution in [0.3, 0.4) is 0 Å². The number of nitrogens with one attached hydrogen (secondary N) is 1. The van der Waals surface area contributed by atoms with Crippen molar-refractivity contribution in [2.24, 2.45) is 27.7 Å². The number of para-hydroxylation sites is 1. The van der Waals surface area contributed by atoms with Crippen LogP contribution in [0.25, 0.3) is 28.1 Å². The predicted molar refractivity (Wildman–Crippen MR) is 235 cm³/mol. The topological polar surface area (TPSA) is 53.5 Å². The van der Waals surface area contributed by atoms with Crippen molar-refractivity contribution >= 4 is 46.0 Å². The minimum Gasteiger partial charge on any atom is -0.333 e. The summed E-state index contributed by atoms with van der Waals surface area (Å²) in [6, 6.07) is 28.9. The second-order valence-corrected chi connectivity index (χ2v) is 16.7. The molecule has 0 fully saturated rings. The molecule has 0 amide bonds. The molecule has 0 aliphatic heterocycles. The van der Waals surface area contributed by atoms with E-state index in [-0.39, 0.29) is 17.4 Å². The van der Waals surface area contributed by atoms with Crippen LogP contribution in [-0.4, -0.2) is 22.5 Å². The van der Waals surface area contributed by atoms with Gasteiger partial charge in [-0.2, -0.15) is 0 Å². The molecule has 56 heavy (non-hydrogen) atoms. The molecule has 6 aliphatic rings. The van der Waals surface area contributed by atoms with Crippen molar-refractivity contribution in [1.82, 2.24) is 4.57 Å². The number of rotatable bonds is 5. The highest BCUT2D eigenvalue weighted by Crippen LogP contribution is 2.55. The van der Waals surface area contributed by atoms with E-state index in [4.69, 9.17) is 15.4 Å². The average Bonchev–Trinajstić information content (AvgIpc) is 3.58. The summed E-state index contributed by atoms with van der Waals surface area (Å²) in [6.07, 6.45) is 32.5. The lowest BCUT2D eigenvalue weighted by atomic mass is 9.54. The number of aliphatic imine (C=N–C) groups is 2. The van der Waals surface area contributed by atoms with Gasteiger partial charge in [-0.25, -0.2) is 9.98 Å². The van der Waals surface area contributed by atoms with Gasteiger partial charge < -0.3 is 4.57 Å². The van der Waals surface area contributed by atoms with Crippen molar-refractivity contribution in [2.45, 2.75) is 63.8 Å². The number of amidine groups is 2. The second-order valence-electron chi connectivity index (χ2n) is 16.7. The van der Waals surface area contributed by atoms with E-state index >= 15 is 0 Å². The van der Waals surface area contributed by atoms with Gasteiger partial charge in [0.2, 0.25) is 0 Å². The summed E-state index contributed by atoms with van der Waals surface area (Å²) in [5.41, 5.74) is 11.9. The molecule has 1 N–H and O–H groups in total. The second kappa shape index (κ2) is 14.0. The molecule has 1 aromatic heterocycles. The maximum atomic E-state index is 8.96. The zero-order valence-electron chi connectivity index (χ0n) is 32.3. The van der Waals surface area contributed by atoms with Crippen LogP contribution in [0.2, 0.25) is 0 Å². The number of benzene rings is 3. The zero-order valence-corrected chi connectivity index (χ0v) is 32.3. The summed E-state index contributed by atoms with van der Waals surface area (Å²) in [6.45, 7) is 4.95. The summed E-state index contributed by atoms with van der Waals surface area (Å²) in [5.74, 6) is 1.97. The molecule has 4 aromatic rings. The molecule has 0 saturated carbocycles. The Morgan fingerprint density at radius 3 is 2.57 bits per heavy atom. The first-order chi connectivity index (χ1) is 27.5. The van der Waals surface area contributed by atoms with E-state index in [1.165, 1.54) is 61.3 Å². The molecular formula is C52H48N4. The van der Waals surface area contributed by atoms with Gasteiger partial charge in [0, 0.05) is 34.2 Å². The van der Waals surface area contributed by atoms with Gasteiger partial charge in [-0.05, 0) is 107 Å². The molecule has 3 aromatic carbocycles. The fraction of sp³-hybridized carbons (Fsp3) is 0.250. The van der Waals surface area contributed by atoms with Gasteiger partial charge in [0.25, 0.3) is 0 Å². The Morgan fingerprint density at radius 2 is 1.73 bits per heavy atom. The molecule has 276 valence electrons. The van der Waals surface area contributed by atoms with E-state index in [0.29, 0.717) is 23.5 Å². The molecule has 3 unspecified atom stereocenters. The Balaban J connectivity index is 1.03. The van der Waals surface area contributed by atoms with Gasteiger partial charge >= 0.3 is 0 Å². The van der Waals surface area contributed by atoms with E-state index in [1.54, 1.807) is 0 Å². The lowest BCUT2D eigenvalue weighted by Gasteiger charge is -2.49. The molecule has 0 bridgehead atoms. The lowest BCUT2D eigenvalue weighted by Crippen LogP contribution is -2.48. The van der Waals surface area contributed by atoms with Crippen LogP contribution in [0.4, 0.5) is 0 Å². The minimum absolute atomic E-state index is 0.00903. The highest BCUT2D eigenvalue weighted by molar-refractivity contribution is 6.08. The van der Waals surface area contributed by atoms with Crippen molar-refractivity contribution in [3.05, 3.63) is 184 Å². The Labute approximate surface area is 330 Å². The van der Waals surface area contributed by atoms with E-state index in [0.717, 1.165) is 43.3 Å². The molecule has 6 aliphatic carbocycles. The van der Waals surface area contributed by atoms with Crippen molar-refractivity contribution in [3.8, 4) is 0 Å². The van der Waals surface area contributed by atoms with Crippen LogP contribution in [0, 0.1) is 23.2 Å². The largest absolute Gasteiger partial charge is 0.333 e. The van der Waals surface area contributed by atoms with Crippen molar-refractivity contribution in [3.63, 3.8) is 0 Å². The maximum Gasteiger partial charge on any atom is 0.149 e. The standard InChI is InChI=1S/C52H48N4/c1-52(2)43-24-11-9-22-41(43)49-47-39(20-14-25-44(47)52)32-46-48(49)42-23-10-12-26-45(42)56(46)40-21-13-15-34(31-40)33-54-51(55-50(53)37-18-7-4-8-19-37)38-29-27-36(28-30-38)35-16-5-3-6-17-35/h3-7,9-13,15-18,20-24,26-29,32-33,38,40,44,47,53H,8,14,19,25,30-31H2,1-2H3/t38?,40?,44-,47?/m0/s1. The first kappa shape index (κ1) is 34.6. The molecular weight excluding hydrogens is 681 g/mol. The molecule has 4 heteroatoms. The van der Waals surface area contributed by atoms with E-state index in [1.807, 2.05) is 18.4 Å². The summed E-state index contributed by atoms with van der Waals surface area (Å²) in [4.78, 5) is 10.1. The SMILES string of the molecule is CC1(C)c2ccccc2C2=c3c(n(C4C=CC=C(C=NC(=NC(=N)C5=CC=CCC5)C5C=CC(c6ccccc6)=CC5)C4)c4ccccc34)=CC3=CCC[C@H]1C32. The Morgan fingerprint density at radius 1 is 0.893 bits per heavy atom. The molecule has 0 spiro atoms. The third-order valence-electron chi connectivity index (χ3n) is 13.2. The Hall–Kier alpha value is -5.87. The van der Waals surface area contributed by atoms with Crippen LogP contribution in [0.5, 0.6) is 0 Å². The van der Waals surface area contributed by atoms with Crippen LogP contribution < -0.4 is 10.6 Å². The van der Waals surface area contributed by atoms with Crippen LogP contribution in [0.15, 0.2) is 166 Å². The number of nitrogens with zero attached hydrogens (tertiary/aromatic N) is 3. The number of hydrogen-bond acceptors (Lipinski definition) is 1. The molecule has 0 radical (unpaired) electrons. The van der Waals surface area contributed by atoms with Crippen LogP contribution >= 0.6 is 0 Å².